The third kappa shape index (κ3) is 1.81. The normalized spacial score (nSPS) is 24.5. The van der Waals surface area contributed by atoms with Gasteiger partial charge in [0.05, 0.1) is 0 Å². The molecule has 3 aromatic rings. The van der Waals surface area contributed by atoms with Crippen molar-refractivity contribution >= 4 is 20.9 Å². The quantitative estimate of drug-likeness (QED) is 0.777. The number of benzene rings is 1. The Morgan fingerprint density at radius 3 is 2.73 bits per heavy atom. The molecule has 1 saturated carbocycles. The number of para-hydroxylation sites is 1. The zero-order valence-corrected chi connectivity index (χ0v) is 12.5. The topological polar surface area (TPSA) is 88.8 Å². The smallest absolute Gasteiger partial charge is 0.221 e. The summed E-state index contributed by atoms with van der Waals surface area (Å²) in [5, 5.41) is 6.57. The van der Waals surface area contributed by atoms with Crippen molar-refractivity contribution in [2.45, 2.75) is 17.1 Å². The molecule has 3 N–H and O–H groups in total. The average Bonchev–Trinajstić information content (AvgIpc) is 3.14. The van der Waals surface area contributed by atoms with Gasteiger partial charge in [-0.25, -0.2) is 13.6 Å². The zero-order chi connectivity index (χ0) is 15.4. The van der Waals surface area contributed by atoms with Crippen LogP contribution in [-0.4, -0.2) is 18.4 Å². The minimum absolute atomic E-state index is 0.163. The molecule has 0 amide bonds. The lowest BCUT2D eigenvalue weighted by molar-refractivity contribution is 0.578. The van der Waals surface area contributed by atoms with Gasteiger partial charge in [-0.2, -0.15) is 0 Å². The fourth-order valence-electron chi connectivity index (χ4n) is 3.28. The van der Waals surface area contributed by atoms with Crippen molar-refractivity contribution in [3.63, 3.8) is 0 Å². The van der Waals surface area contributed by atoms with E-state index in [2.05, 4.69) is 9.97 Å². The maximum Gasteiger partial charge on any atom is 0.221 e. The number of pyridine rings is 1. The Labute approximate surface area is 128 Å². The number of hydrogen-bond acceptors (Lipinski definition) is 3. The average molecular weight is 313 g/mol. The zero-order valence-electron chi connectivity index (χ0n) is 11.7. The Balaban J connectivity index is 1.88. The van der Waals surface area contributed by atoms with Gasteiger partial charge in [0, 0.05) is 29.5 Å². The summed E-state index contributed by atoms with van der Waals surface area (Å²) in [4.78, 5) is 7.31. The van der Waals surface area contributed by atoms with Crippen LogP contribution in [0.4, 0.5) is 0 Å². The lowest BCUT2D eigenvalue weighted by Crippen LogP contribution is -2.30. The first kappa shape index (κ1) is 13.5. The van der Waals surface area contributed by atoms with Crippen LogP contribution in [0, 0.1) is 0 Å². The molecule has 0 spiro atoms. The molecule has 1 aliphatic carbocycles. The first-order valence-corrected chi connectivity index (χ1v) is 8.57. The largest absolute Gasteiger partial charge is 0.357 e. The van der Waals surface area contributed by atoms with Crippen LogP contribution in [0.25, 0.3) is 10.9 Å². The van der Waals surface area contributed by atoms with Gasteiger partial charge < -0.3 is 4.98 Å². The number of nitrogens with two attached hydrogens (primary N) is 1. The minimum atomic E-state index is -3.75. The van der Waals surface area contributed by atoms with Gasteiger partial charge in [0.25, 0.3) is 0 Å². The van der Waals surface area contributed by atoms with Gasteiger partial charge >= 0.3 is 0 Å². The van der Waals surface area contributed by atoms with E-state index in [0.29, 0.717) is 12.1 Å². The molecule has 6 heteroatoms. The number of fused-ring (bicyclic) bond motifs is 1. The molecule has 4 rings (SSSR count). The van der Waals surface area contributed by atoms with E-state index < -0.39 is 14.8 Å². The Hall–Kier alpha value is -2.18. The van der Waals surface area contributed by atoms with Gasteiger partial charge in [-0.05, 0) is 35.6 Å². The Morgan fingerprint density at radius 1 is 1.23 bits per heavy atom. The van der Waals surface area contributed by atoms with Gasteiger partial charge in [-0.1, -0.05) is 24.3 Å². The van der Waals surface area contributed by atoms with Crippen LogP contribution in [0.15, 0.2) is 54.9 Å². The minimum Gasteiger partial charge on any atom is -0.357 e. The molecule has 2 aromatic heterocycles. The highest BCUT2D eigenvalue weighted by molar-refractivity contribution is 7.90. The third-order valence-electron chi connectivity index (χ3n) is 4.49. The standard InChI is InChI=1S/C16H15N3O2S/c17-22(20,21)16(9-13(16)12-5-3-7-18-10-12)15-8-11-4-1-2-6-14(11)19-15/h1-8,10,13,19H,9H2,(H2,17,20,21). The van der Waals surface area contributed by atoms with E-state index in [0.717, 1.165) is 16.5 Å². The summed E-state index contributed by atoms with van der Waals surface area (Å²) in [5.41, 5.74) is 2.47. The lowest BCUT2D eigenvalue weighted by atomic mass is 10.1. The van der Waals surface area contributed by atoms with Crippen LogP contribution in [0.5, 0.6) is 0 Å². The maximum absolute atomic E-state index is 12.3. The number of sulfonamides is 1. The van der Waals surface area contributed by atoms with E-state index in [1.54, 1.807) is 12.4 Å². The monoisotopic (exact) mass is 313 g/mol. The van der Waals surface area contributed by atoms with Crippen LogP contribution in [0.1, 0.15) is 23.6 Å². The molecule has 0 radical (unpaired) electrons. The highest BCUT2D eigenvalue weighted by Gasteiger charge is 2.65. The Kier molecular flexibility index (Phi) is 2.70. The van der Waals surface area contributed by atoms with Gasteiger partial charge in [0.15, 0.2) is 0 Å². The fourth-order valence-corrected chi connectivity index (χ4v) is 4.63. The predicted molar refractivity (Wildman–Crippen MR) is 84.7 cm³/mol. The van der Waals surface area contributed by atoms with Crippen molar-refractivity contribution in [2.24, 2.45) is 5.14 Å². The van der Waals surface area contributed by atoms with E-state index in [1.807, 2.05) is 42.5 Å². The van der Waals surface area contributed by atoms with Gasteiger partial charge in [0.2, 0.25) is 10.0 Å². The molecule has 112 valence electrons. The molecule has 0 saturated heterocycles. The number of aromatic amines is 1. The van der Waals surface area contributed by atoms with Crippen LogP contribution in [0.2, 0.25) is 0 Å². The first-order chi connectivity index (χ1) is 10.5. The van der Waals surface area contributed by atoms with Crippen molar-refractivity contribution in [1.82, 2.24) is 9.97 Å². The molecule has 5 nitrogen and oxygen atoms in total. The number of nitrogens with one attached hydrogen (secondary N) is 1. The molecular formula is C16H15N3O2S. The summed E-state index contributed by atoms with van der Waals surface area (Å²) < 4.78 is 23.6. The van der Waals surface area contributed by atoms with Crippen LogP contribution < -0.4 is 5.14 Å². The second kappa shape index (κ2) is 4.41. The molecule has 2 unspecified atom stereocenters. The molecule has 2 heterocycles. The first-order valence-electron chi connectivity index (χ1n) is 7.03. The summed E-state index contributed by atoms with van der Waals surface area (Å²) in [5.74, 6) is -0.163. The molecule has 22 heavy (non-hydrogen) atoms. The van der Waals surface area contributed by atoms with Crippen LogP contribution >= 0.6 is 0 Å². The van der Waals surface area contributed by atoms with Crippen LogP contribution in [-0.2, 0) is 14.8 Å². The second-order valence-corrected chi connectivity index (χ2v) is 7.57. The van der Waals surface area contributed by atoms with Crippen molar-refractivity contribution in [3.05, 3.63) is 66.1 Å². The molecular weight excluding hydrogens is 298 g/mol. The third-order valence-corrected chi connectivity index (χ3v) is 6.18. The molecule has 1 aliphatic rings. The number of H-pyrrole nitrogens is 1. The number of hydrogen-bond donors (Lipinski definition) is 2. The van der Waals surface area contributed by atoms with Gasteiger partial charge in [-0.15, -0.1) is 0 Å². The van der Waals surface area contributed by atoms with E-state index in [1.165, 1.54) is 0 Å². The number of rotatable bonds is 3. The molecule has 1 aromatic carbocycles. The van der Waals surface area contributed by atoms with E-state index in [9.17, 15) is 8.42 Å². The number of nitrogens with zero attached hydrogens (tertiary/aromatic N) is 1. The van der Waals surface area contributed by atoms with E-state index in [4.69, 9.17) is 5.14 Å². The Bertz CT molecular complexity index is 917. The highest BCUT2D eigenvalue weighted by Crippen LogP contribution is 2.62. The SMILES string of the molecule is NS(=O)(=O)C1(c2cc3ccccc3[nH]2)CC1c1cccnc1. The van der Waals surface area contributed by atoms with Crippen LogP contribution in [0.3, 0.4) is 0 Å². The number of primary sulfonamides is 1. The summed E-state index contributed by atoms with van der Waals surface area (Å²) in [6.07, 6.45) is 3.86. The molecule has 0 aliphatic heterocycles. The van der Waals surface area contributed by atoms with Crippen molar-refractivity contribution in [2.75, 3.05) is 0 Å². The summed E-state index contributed by atoms with van der Waals surface area (Å²) >= 11 is 0. The van der Waals surface area contributed by atoms with Gasteiger partial charge in [0.1, 0.15) is 4.75 Å². The molecule has 0 bridgehead atoms. The van der Waals surface area contributed by atoms with Crippen molar-refractivity contribution in [1.29, 1.82) is 0 Å². The number of aromatic nitrogens is 2. The second-order valence-electron chi connectivity index (χ2n) is 5.75. The highest BCUT2D eigenvalue weighted by atomic mass is 32.2. The Morgan fingerprint density at radius 2 is 2.05 bits per heavy atom. The summed E-state index contributed by atoms with van der Waals surface area (Å²) in [6, 6.07) is 13.3. The lowest BCUT2D eigenvalue weighted by Gasteiger charge is -2.13. The van der Waals surface area contributed by atoms with Crippen molar-refractivity contribution in [3.8, 4) is 0 Å². The molecule has 2 atom stereocenters. The molecule has 1 fully saturated rings. The summed E-state index contributed by atoms with van der Waals surface area (Å²) in [7, 11) is -3.75. The van der Waals surface area contributed by atoms with Gasteiger partial charge in [-0.3, -0.25) is 4.98 Å². The van der Waals surface area contributed by atoms with Crippen molar-refractivity contribution < 1.29 is 8.42 Å². The van der Waals surface area contributed by atoms with E-state index >= 15 is 0 Å². The maximum atomic E-state index is 12.3. The van der Waals surface area contributed by atoms with E-state index in [-0.39, 0.29) is 5.92 Å². The predicted octanol–water partition coefficient (Wildman–Crippen LogP) is 2.23. The fraction of sp³-hybridized carbons (Fsp3) is 0.188. The summed E-state index contributed by atoms with van der Waals surface area (Å²) in [6.45, 7) is 0.